The summed E-state index contributed by atoms with van der Waals surface area (Å²) in [7, 11) is 3.72. The van der Waals surface area contributed by atoms with Gasteiger partial charge in [0.1, 0.15) is 18.7 Å². The standard InChI is InChI=1S/C33H40N8O4/c1-18-11-31(7-9-40(10-8-31)30(45)25-27(43)19(2)35-17-36-25)23-26(18)41(29-24(28(23)44)37-21(12-34-29)39(3)4)13-22(42)38-33-14-32(15-33,16-33)20-5-6-20/h12,17-18,20,43H,5-11,13-16H2,1-4H3,(H,38,42)/t18-,32?,33?/m0/s1. The van der Waals surface area contributed by atoms with E-state index in [1.165, 1.54) is 19.2 Å². The number of carbonyl (C=O) groups is 2. The molecule has 12 nitrogen and oxygen atoms in total. The molecule has 5 fully saturated rings. The van der Waals surface area contributed by atoms with Crippen molar-refractivity contribution in [1.29, 1.82) is 0 Å². The number of amides is 2. The fourth-order valence-corrected chi connectivity index (χ4v) is 9.36. The van der Waals surface area contributed by atoms with Crippen LogP contribution in [0.25, 0.3) is 11.2 Å². The van der Waals surface area contributed by atoms with E-state index >= 15 is 0 Å². The van der Waals surface area contributed by atoms with Gasteiger partial charge in [-0.3, -0.25) is 14.4 Å². The molecule has 45 heavy (non-hydrogen) atoms. The number of aryl methyl sites for hydroxylation is 1. The summed E-state index contributed by atoms with van der Waals surface area (Å²) in [5.74, 6) is 0.869. The molecular formula is C33H40N8O4. The molecular weight excluding hydrogens is 572 g/mol. The monoisotopic (exact) mass is 612 g/mol. The summed E-state index contributed by atoms with van der Waals surface area (Å²) in [6, 6.07) is 0. The minimum Gasteiger partial charge on any atom is -0.504 e. The van der Waals surface area contributed by atoms with Gasteiger partial charge in [-0.15, -0.1) is 0 Å². The molecule has 2 N–H and O–H groups in total. The van der Waals surface area contributed by atoms with Crippen LogP contribution in [0.5, 0.6) is 5.75 Å². The van der Waals surface area contributed by atoms with E-state index in [9.17, 15) is 19.5 Å². The van der Waals surface area contributed by atoms with Crippen molar-refractivity contribution in [3.05, 3.63) is 45.4 Å². The quantitative estimate of drug-likeness (QED) is 0.429. The van der Waals surface area contributed by atoms with Gasteiger partial charge in [-0.2, -0.15) is 0 Å². The van der Waals surface area contributed by atoms with Gasteiger partial charge in [0.15, 0.2) is 22.6 Å². The minimum atomic E-state index is -0.459. The van der Waals surface area contributed by atoms with E-state index in [2.05, 4.69) is 22.2 Å². The van der Waals surface area contributed by atoms with Gasteiger partial charge < -0.3 is 24.8 Å². The second-order valence-corrected chi connectivity index (χ2v) is 14.8. The topological polar surface area (TPSA) is 146 Å². The number of likely N-dealkylation sites (tertiary alicyclic amines) is 1. The summed E-state index contributed by atoms with van der Waals surface area (Å²) in [5.41, 5.74) is 2.47. The van der Waals surface area contributed by atoms with Gasteiger partial charge in [0.25, 0.3) is 5.91 Å². The van der Waals surface area contributed by atoms with Crippen LogP contribution < -0.4 is 15.6 Å². The number of nitrogens with zero attached hydrogens (tertiary/aromatic N) is 7. The van der Waals surface area contributed by atoms with Crippen LogP contribution in [0.2, 0.25) is 0 Å². The van der Waals surface area contributed by atoms with Crippen LogP contribution in [0.3, 0.4) is 0 Å². The molecule has 3 aromatic rings. The minimum absolute atomic E-state index is 0.00347. The predicted molar refractivity (Wildman–Crippen MR) is 166 cm³/mol. The van der Waals surface area contributed by atoms with Crippen molar-refractivity contribution in [3.63, 3.8) is 0 Å². The van der Waals surface area contributed by atoms with Gasteiger partial charge in [-0.1, -0.05) is 6.92 Å². The van der Waals surface area contributed by atoms with Crippen LogP contribution in [0.4, 0.5) is 5.82 Å². The van der Waals surface area contributed by atoms with Crippen molar-refractivity contribution in [2.75, 3.05) is 32.1 Å². The highest BCUT2D eigenvalue weighted by atomic mass is 16.3. The third kappa shape index (κ3) is 4.13. The third-order valence-electron chi connectivity index (χ3n) is 11.6. The van der Waals surface area contributed by atoms with Crippen LogP contribution in [-0.2, 0) is 16.8 Å². The Morgan fingerprint density at radius 1 is 1.11 bits per heavy atom. The normalized spacial score (nSPS) is 27.6. The van der Waals surface area contributed by atoms with E-state index in [1.54, 1.807) is 18.0 Å². The molecule has 12 heteroatoms. The Balaban J connectivity index is 1.13. The molecule has 1 saturated heterocycles. The molecule has 3 aromatic heterocycles. The number of pyridine rings is 1. The predicted octanol–water partition coefficient (Wildman–Crippen LogP) is 2.79. The molecule has 236 valence electrons. The molecule has 9 rings (SSSR count). The fourth-order valence-electron chi connectivity index (χ4n) is 9.36. The second-order valence-electron chi connectivity index (χ2n) is 14.8. The highest BCUT2D eigenvalue weighted by molar-refractivity contribution is 5.95. The van der Waals surface area contributed by atoms with Gasteiger partial charge in [-0.05, 0) is 75.5 Å². The Morgan fingerprint density at radius 3 is 2.49 bits per heavy atom. The van der Waals surface area contributed by atoms with Gasteiger partial charge >= 0.3 is 0 Å². The molecule has 2 bridgehead atoms. The van der Waals surface area contributed by atoms with E-state index in [0.29, 0.717) is 54.1 Å². The van der Waals surface area contributed by atoms with Crippen molar-refractivity contribution in [1.82, 2.24) is 34.7 Å². The Kier molecular flexibility index (Phi) is 5.97. The zero-order valence-electron chi connectivity index (χ0n) is 26.4. The maximum atomic E-state index is 14.4. The first-order valence-corrected chi connectivity index (χ1v) is 16.2. The van der Waals surface area contributed by atoms with Crippen LogP contribution in [0, 0.1) is 18.3 Å². The molecule has 1 atom stereocenters. The Labute approximate surface area is 261 Å². The molecule has 0 aromatic carbocycles. The van der Waals surface area contributed by atoms with Crippen molar-refractivity contribution in [2.24, 2.45) is 11.3 Å². The number of anilines is 1. The van der Waals surface area contributed by atoms with Crippen LogP contribution in [0.1, 0.15) is 91.6 Å². The number of hydrogen-bond acceptors (Lipinski definition) is 9. The summed E-state index contributed by atoms with van der Waals surface area (Å²) in [4.78, 5) is 62.5. The van der Waals surface area contributed by atoms with E-state index < -0.39 is 5.41 Å². The Morgan fingerprint density at radius 2 is 1.82 bits per heavy atom. The molecule has 4 heterocycles. The number of nitrogens with one attached hydrogen (secondary N) is 1. The number of piperidine rings is 1. The number of aromatic nitrogens is 5. The van der Waals surface area contributed by atoms with E-state index in [0.717, 1.165) is 37.3 Å². The third-order valence-corrected chi connectivity index (χ3v) is 11.6. The summed E-state index contributed by atoms with van der Waals surface area (Å²) in [6.45, 7) is 4.68. The average Bonchev–Trinajstić information content (AvgIpc) is 3.77. The van der Waals surface area contributed by atoms with Crippen molar-refractivity contribution < 1.29 is 14.7 Å². The zero-order valence-corrected chi connectivity index (χ0v) is 26.4. The molecule has 1 spiro atoms. The fraction of sp³-hybridized carbons (Fsp3) is 0.606. The SMILES string of the molecule is Cc1ncnc(C(=O)N2CCC3(CC2)C[C@H](C)c2c3c(=O)c3nc(N(C)C)cnc3n2CC(=O)NC23CC(C4CC4)(C2)C3)c1O. The summed E-state index contributed by atoms with van der Waals surface area (Å²) in [6.07, 6.45) is 10.8. The Bertz CT molecular complexity index is 1820. The number of aromatic hydroxyl groups is 1. The molecule has 6 aliphatic rings. The summed E-state index contributed by atoms with van der Waals surface area (Å²) < 4.78 is 1.95. The van der Waals surface area contributed by atoms with Gasteiger partial charge in [0.2, 0.25) is 11.3 Å². The maximum absolute atomic E-state index is 14.4. The highest BCUT2D eigenvalue weighted by Crippen LogP contribution is 2.75. The maximum Gasteiger partial charge on any atom is 0.276 e. The number of rotatable bonds is 6. The van der Waals surface area contributed by atoms with E-state index in [4.69, 9.17) is 9.97 Å². The first-order chi connectivity index (χ1) is 21.4. The summed E-state index contributed by atoms with van der Waals surface area (Å²) in [5, 5.41) is 13.8. The largest absolute Gasteiger partial charge is 0.504 e. The van der Waals surface area contributed by atoms with Crippen molar-refractivity contribution in [3.8, 4) is 5.75 Å². The first-order valence-electron chi connectivity index (χ1n) is 16.2. The van der Waals surface area contributed by atoms with Crippen LogP contribution in [-0.4, -0.2) is 79.0 Å². The van der Waals surface area contributed by atoms with Crippen molar-refractivity contribution in [2.45, 2.75) is 88.6 Å². The number of fused-ring (bicyclic) bond motifs is 3. The van der Waals surface area contributed by atoms with E-state index in [-0.39, 0.29) is 52.2 Å². The van der Waals surface area contributed by atoms with E-state index in [1.807, 2.05) is 23.6 Å². The number of carbonyl (C=O) groups excluding carboxylic acids is 2. The molecule has 0 radical (unpaired) electrons. The van der Waals surface area contributed by atoms with Crippen LogP contribution >= 0.6 is 0 Å². The molecule has 5 aliphatic carbocycles. The van der Waals surface area contributed by atoms with Crippen molar-refractivity contribution >= 4 is 28.8 Å². The second kappa shape index (κ2) is 9.46. The molecule has 2 amide bonds. The lowest BCUT2D eigenvalue weighted by Crippen LogP contribution is -2.75. The van der Waals surface area contributed by atoms with Gasteiger partial charge in [0, 0.05) is 49.4 Å². The zero-order chi connectivity index (χ0) is 31.5. The molecule has 0 unspecified atom stereocenters. The lowest BCUT2D eigenvalue weighted by atomic mass is 9.37. The average molecular weight is 613 g/mol. The Hall–Kier alpha value is -4.09. The molecule has 4 saturated carbocycles. The number of hydrogen-bond donors (Lipinski definition) is 2. The van der Waals surface area contributed by atoms with Gasteiger partial charge in [0.05, 0.1) is 11.9 Å². The summed E-state index contributed by atoms with van der Waals surface area (Å²) >= 11 is 0. The van der Waals surface area contributed by atoms with Gasteiger partial charge in [-0.25, -0.2) is 19.9 Å². The lowest BCUT2D eigenvalue weighted by Gasteiger charge is -2.71. The molecule has 1 aliphatic heterocycles. The first kappa shape index (κ1) is 28.4. The lowest BCUT2D eigenvalue weighted by molar-refractivity contribution is -0.176. The smallest absolute Gasteiger partial charge is 0.276 e. The van der Waals surface area contributed by atoms with Crippen LogP contribution in [0.15, 0.2) is 17.3 Å². The highest BCUT2D eigenvalue weighted by Gasteiger charge is 2.72.